The molecule has 0 fully saturated rings. The lowest BCUT2D eigenvalue weighted by Crippen LogP contribution is -2.51. The Bertz CT molecular complexity index is 2990. The number of ether oxygens (including phenoxy) is 4. The number of hydrogen-bond donors (Lipinski definition) is 13. The number of unbranched alkanes of at least 4 members (excludes halogenated alkanes) is 18. The molecule has 35 heteroatoms. The average molecular weight is 1720 g/mol. The highest BCUT2D eigenvalue weighted by molar-refractivity contribution is 5.89. The smallest absolute Gasteiger partial charge is 0.326 e. The van der Waals surface area contributed by atoms with Gasteiger partial charge in [-0.05, 0) is 124 Å². The first kappa shape index (κ1) is 115. The molecule has 690 valence electrons. The van der Waals surface area contributed by atoms with Crippen molar-refractivity contribution in [3.05, 3.63) is 0 Å². The van der Waals surface area contributed by atoms with E-state index in [9.17, 15) is 117 Å². The molecule has 6 amide bonds. The van der Waals surface area contributed by atoms with Gasteiger partial charge in [0.15, 0.2) is 0 Å². The molecule has 0 aliphatic heterocycles. The van der Waals surface area contributed by atoms with Crippen molar-refractivity contribution >= 4 is 106 Å². The number of nitrogens with one attached hydrogen (secondary N) is 6. The summed E-state index contributed by atoms with van der Waals surface area (Å²) in [5.74, 6) is -9.18. The molecule has 120 heavy (non-hydrogen) atoms. The van der Waals surface area contributed by atoms with Gasteiger partial charge in [-0.3, -0.25) is 28.8 Å². The van der Waals surface area contributed by atoms with Gasteiger partial charge in [-0.2, -0.15) is 0 Å². The van der Waals surface area contributed by atoms with Crippen LogP contribution in [0.25, 0.3) is 0 Å². The summed E-state index contributed by atoms with van der Waals surface area (Å²) < 4.78 is 21.4. The lowest BCUT2D eigenvalue weighted by atomic mass is 9.94. The van der Waals surface area contributed by atoms with E-state index in [1.54, 1.807) is 0 Å². The standard InChI is InChI=1S/C30H50N2O10.C29H50N2O8.C26H46N2O11/c1-3-4-8-13-22(27(36)37)20-24(35)16-10-6-5-9-14-23(34)15-11-7-12-17-25(28(38)39)31-30(42)32-26(29(40)41)19-18-21(2)33;1-3-4-5-6-10-15-23(33)16-11-7-8-12-17-24(34)18-13-9-14-19-25(27(35)36)30-29(39)31-26(28(37)38)21-20-22(2)32;1-3-12-36-14-16-38-18-19-39-17-15-37-13-11-21(30)7-5-4-6-8-22(24(31)32)27-26(35)28-23(25(33)34)10-9-20(2)29/h22,25-26H,3-20H2,1-2H3,(H,36,37)(H,38,39)(H,40,41)(H2,31,32,42);25-26H,3-21H2,1-2H3,(H,35,36)(H,37,38)(H2,30,31,39);22-23H,3-19H2,1-2H3,(H,31,32)(H,33,34)(H2,27,28,35). The van der Waals surface area contributed by atoms with Crippen molar-refractivity contribution in [2.24, 2.45) is 5.92 Å². The van der Waals surface area contributed by atoms with Gasteiger partial charge in [-0.25, -0.2) is 43.2 Å². The molecule has 0 radical (unpaired) electrons. The number of carboxylic acids is 7. The third-order valence-electron chi connectivity index (χ3n) is 19.2. The quantitative estimate of drug-likeness (QED) is 0.0252. The number of aliphatic carboxylic acids is 7. The van der Waals surface area contributed by atoms with Crippen molar-refractivity contribution < 1.29 is 141 Å². The summed E-state index contributed by atoms with van der Waals surface area (Å²) in [4.78, 5) is 209. The summed E-state index contributed by atoms with van der Waals surface area (Å²) in [6, 6.07) is -10.3. The maximum absolute atomic E-state index is 12.1. The molecule has 0 bridgehead atoms. The molecule has 0 aliphatic rings. The fraction of sp³-hybridized carbons (Fsp3) is 0.788. The number of hydrogen-bond acceptors (Lipinski definition) is 22. The fourth-order valence-electron chi connectivity index (χ4n) is 12.0. The highest BCUT2D eigenvalue weighted by atomic mass is 16.6. The lowest BCUT2D eigenvalue weighted by Gasteiger charge is -2.18. The van der Waals surface area contributed by atoms with Crippen molar-refractivity contribution in [1.82, 2.24) is 31.9 Å². The van der Waals surface area contributed by atoms with Crippen molar-refractivity contribution in [3.8, 4) is 0 Å². The van der Waals surface area contributed by atoms with Gasteiger partial charge in [0.25, 0.3) is 0 Å². The van der Waals surface area contributed by atoms with Crippen LogP contribution in [0.1, 0.15) is 337 Å². The summed E-state index contributed by atoms with van der Waals surface area (Å²) in [6.07, 6.45) is 25.9. The SMILES string of the molecule is CCCCCC(CC(=O)CCCCCCC(=O)CCCCCC(NC(=O)NC(CCC(C)=O)C(=O)O)C(=O)O)C(=O)O.CCCCCCCC(=O)CCCCCCC(=O)CCCCCC(NC(=O)NC(CCC(C)=O)C(=O)O)C(=O)O.CCCOCCOCCOCCOCCC(=O)CCCCCC(NC(=O)NC(CCC(C)=O)C(=O)O)C(=O)O. The summed E-state index contributed by atoms with van der Waals surface area (Å²) in [6.45, 7) is 14.1. The van der Waals surface area contributed by atoms with E-state index < -0.39 is 102 Å². The number of ketones is 8. The second-order valence-electron chi connectivity index (χ2n) is 30.3. The van der Waals surface area contributed by atoms with Crippen LogP contribution >= 0.6 is 0 Å². The average Bonchev–Trinajstić information content (AvgIpc) is 0.912. The Hall–Kier alpha value is -8.70. The van der Waals surface area contributed by atoms with Crippen molar-refractivity contribution in [3.63, 3.8) is 0 Å². The molecule has 7 unspecified atom stereocenters. The van der Waals surface area contributed by atoms with Crippen molar-refractivity contribution in [2.45, 2.75) is 373 Å². The summed E-state index contributed by atoms with van der Waals surface area (Å²) in [5, 5.41) is 78.2. The first-order chi connectivity index (χ1) is 57.1. The molecule has 0 aromatic rings. The number of amides is 6. The van der Waals surface area contributed by atoms with Crippen LogP contribution < -0.4 is 31.9 Å². The minimum Gasteiger partial charge on any atom is -0.481 e. The maximum atomic E-state index is 12.1. The Labute approximate surface area is 708 Å². The van der Waals surface area contributed by atoms with E-state index in [4.69, 9.17) is 24.1 Å². The van der Waals surface area contributed by atoms with Gasteiger partial charge < -0.3 is 101 Å². The molecule has 0 saturated heterocycles. The molecule has 0 spiro atoms. The predicted molar refractivity (Wildman–Crippen MR) is 444 cm³/mol. The molecule has 13 N–H and O–H groups in total. The summed E-state index contributed by atoms with van der Waals surface area (Å²) >= 11 is 0. The van der Waals surface area contributed by atoms with Crippen LogP contribution in [-0.2, 0) is 90.9 Å². The van der Waals surface area contributed by atoms with Crippen LogP contribution in [-0.4, -0.2) is 231 Å². The Balaban J connectivity index is -0.00000171. The van der Waals surface area contributed by atoms with E-state index in [0.29, 0.717) is 180 Å². The number of carboxylic acid groups (broad SMARTS) is 7. The Morgan fingerprint density at radius 3 is 0.683 bits per heavy atom. The molecule has 7 atom stereocenters. The van der Waals surface area contributed by atoms with E-state index in [1.807, 2.05) is 13.8 Å². The molecule has 0 heterocycles. The third kappa shape index (κ3) is 74.4. The Kier molecular flexibility index (Phi) is 74.7. The van der Waals surface area contributed by atoms with Gasteiger partial charge in [-0.1, -0.05) is 130 Å². The van der Waals surface area contributed by atoms with E-state index in [2.05, 4.69) is 38.8 Å². The van der Waals surface area contributed by atoms with Crippen LogP contribution in [0.4, 0.5) is 14.4 Å². The number of rotatable bonds is 80. The minimum absolute atomic E-state index is 0.0152. The van der Waals surface area contributed by atoms with Gasteiger partial charge in [0.1, 0.15) is 82.5 Å². The molecule has 0 saturated carbocycles. The van der Waals surface area contributed by atoms with Gasteiger partial charge >= 0.3 is 59.9 Å². The van der Waals surface area contributed by atoms with Crippen LogP contribution in [0.3, 0.4) is 0 Å². The Morgan fingerprint density at radius 2 is 0.433 bits per heavy atom. The van der Waals surface area contributed by atoms with Crippen LogP contribution in [0.15, 0.2) is 0 Å². The summed E-state index contributed by atoms with van der Waals surface area (Å²) in [7, 11) is 0. The molecule has 0 aromatic carbocycles. The molecular weight excluding hydrogens is 1570 g/mol. The first-order valence-electron chi connectivity index (χ1n) is 43.3. The lowest BCUT2D eigenvalue weighted by molar-refractivity contribution is -0.144. The van der Waals surface area contributed by atoms with E-state index in [1.165, 1.54) is 40.0 Å². The van der Waals surface area contributed by atoms with E-state index in [0.717, 1.165) is 83.7 Å². The third-order valence-corrected chi connectivity index (χ3v) is 19.2. The van der Waals surface area contributed by atoms with Gasteiger partial charge in [0.2, 0.25) is 0 Å². The predicted octanol–water partition coefficient (Wildman–Crippen LogP) is 12.0. The molecular formula is C85H146N6O29. The largest absolute Gasteiger partial charge is 0.481 e. The topological polar surface area (TPSA) is 558 Å². The maximum Gasteiger partial charge on any atom is 0.326 e. The Morgan fingerprint density at radius 1 is 0.217 bits per heavy atom. The second-order valence-corrected chi connectivity index (χ2v) is 30.3. The van der Waals surface area contributed by atoms with Crippen LogP contribution in [0.2, 0.25) is 0 Å². The number of urea groups is 3. The van der Waals surface area contributed by atoms with Crippen molar-refractivity contribution in [1.29, 1.82) is 0 Å². The molecule has 35 nitrogen and oxygen atoms in total. The molecule has 0 aliphatic carbocycles. The zero-order valence-corrected chi connectivity index (χ0v) is 72.3. The monoisotopic (exact) mass is 1720 g/mol. The normalized spacial score (nSPS) is 12.6. The van der Waals surface area contributed by atoms with E-state index in [-0.39, 0.29) is 111 Å². The second kappa shape index (κ2) is 77.6. The molecule has 0 aromatic heterocycles. The van der Waals surface area contributed by atoms with Gasteiger partial charge in [-0.15, -0.1) is 0 Å². The van der Waals surface area contributed by atoms with Gasteiger partial charge in [0.05, 0.1) is 52.2 Å². The highest BCUT2D eigenvalue weighted by Gasteiger charge is 2.29. The van der Waals surface area contributed by atoms with E-state index >= 15 is 0 Å². The fourth-order valence-corrected chi connectivity index (χ4v) is 12.0. The van der Waals surface area contributed by atoms with Gasteiger partial charge in [0, 0.05) is 90.1 Å². The number of carbonyl (C=O) groups is 18. The first-order valence-corrected chi connectivity index (χ1v) is 43.3. The number of Topliss-reactive ketones (excluding diaryl/α,β-unsaturated/α-hetero) is 8. The minimum atomic E-state index is -1.32. The van der Waals surface area contributed by atoms with Crippen LogP contribution in [0.5, 0.6) is 0 Å². The zero-order valence-electron chi connectivity index (χ0n) is 72.3. The number of carbonyl (C=O) groups excluding carboxylic acids is 11. The zero-order chi connectivity index (χ0) is 90.7. The molecule has 0 rings (SSSR count). The summed E-state index contributed by atoms with van der Waals surface area (Å²) in [5.41, 5.74) is 0. The van der Waals surface area contributed by atoms with Crippen molar-refractivity contribution in [2.75, 3.05) is 52.9 Å². The van der Waals surface area contributed by atoms with Crippen LogP contribution in [0, 0.1) is 5.92 Å². The highest BCUT2D eigenvalue weighted by Crippen LogP contribution is 2.20.